The molecular formula is C30H54N2O2S. The second kappa shape index (κ2) is 23.1. The van der Waals surface area contributed by atoms with E-state index in [2.05, 4.69) is 24.5 Å². The predicted molar refractivity (Wildman–Crippen MR) is 155 cm³/mol. The summed E-state index contributed by atoms with van der Waals surface area (Å²) in [6.07, 6.45) is 26.4. The number of carbonyl (C=O) groups excluding carboxylic acids is 2. The molecule has 0 bridgehead atoms. The lowest BCUT2D eigenvalue weighted by atomic mass is 10.1. The molecule has 5 heteroatoms. The van der Waals surface area contributed by atoms with Gasteiger partial charge in [0.2, 0.25) is 11.8 Å². The van der Waals surface area contributed by atoms with Gasteiger partial charge < -0.3 is 10.6 Å². The summed E-state index contributed by atoms with van der Waals surface area (Å²) in [5, 5.41) is 9.80. The van der Waals surface area contributed by atoms with Gasteiger partial charge in [0.25, 0.3) is 0 Å². The third-order valence-corrected chi connectivity index (χ3v) is 7.47. The Bertz CT molecular complexity index is 592. The molecule has 1 aromatic rings. The molecule has 0 saturated carbocycles. The summed E-state index contributed by atoms with van der Waals surface area (Å²) in [5.41, 5.74) is 1.48. The van der Waals surface area contributed by atoms with Crippen molar-refractivity contribution in [3.63, 3.8) is 0 Å². The molecule has 1 rings (SSSR count). The quantitative estimate of drug-likeness (QED) is 0.137. The van der Waals surface area contributed by atoms with Crippen LogP contribution in [-0.2, 0) is 9.59 Å². The molecule has 0 aromatic carbocycles. The van der Waals surface area contributed by atoms with Crippen LogP contribution in [0.4, 0.5) is 11.4 Å². The van der Waals surface area contributed by atoms with Crippen LogP contribution in [0.1, 0.15) is 155 Å². The molecule has 2 N–H and O–H groups in total. The van der Waals surface area contributed by atoms with Crippen LogP contribution in [0, 0.1) is 0 Å². The van der Waals surface area contributed by atoms with Crippen molar-refractivity contribution in [1.29, 1.82) is 0 Å². The molecule has 0 aliphatic carbocycles. The van der Waals surface area contributed by atoms with Crippen molar-refractivity contribution in [2.24, 2.45) is 0 Å². The van der Waals surface area contributed by atoms with Gasteiger partial charge in [-0.25, -0.2) is 0 Å². The van der Waals surface area contributed by atoms with Crippen molar-refractivity contribution in [2.75, 3.05) is 10.6 Å². The van der Waals surface area contributed by atoms with Gasteiger partial charge in [0.05, 0.1) is 11.4 Å². The van der Waals surface area contributed by atoms with E-state index in [1.165, 1.54) is 114 Å². The molecule has 0 radical (unpaired) electrons. The standard InChI is InChI=1S/C30H54N2O2S/c1-3-5-7-9-11-13-15-17-19-21-23-29(33)31-27-25-35-26-28(27)32-30(34)24-22-20-18-16-14-12-10-8-6-4-2/h25-26H,3-24H2,1-2H3,(H,31,33)(H,32,34). The van der Waals surface area contributed by atoms with Crippen LogP contribution in [0.3, 0.4) is 0 Å². The fraction of sp³-hybridized carbons (Fsp3) is 0.800. The van der Waals surface area contributed by atoms with E-state index in [1.54, 1.807) is 0 Å². The van der Waals surface area contributed by atoms with Crippen molar-refractivity contribution < 1.29 is 9.59 Å². The highest BCUT2D eigenvalue weighted by atomic mass is 32.1. The Morgan fingerprint density at radius 3 is 1.11 bits per heavy atom. The van der Waals surface area contributed by atoms with E-state index in [0.717, 1.165) is 37.1 Å². The Balaban J connectivity index is 2.06. The number of anilines is 2. The molecule has 0 atom stereocenters. The summed E-state index contributed by atoms with van der Waals surface area (Å²) in [5.74, 6) is 0.0984. The van der Waals surface area contributed by atoms with E-state index in [1.807, 2.05) is 10.8 Å². The van der Waals surface area contributed by atoms with Crippen LogP contribution < -0.4 is 10.6 Å². The van der Waals surface area contributed by atoms with E-state index < -0.39 is 0 Å². The Labute approximate surface area is 220 Å². The van der Waals surface area contributed by atoms with Gasteiger partial charge in [0.1, 0.15) is 0 Å². The summed E-state index contributed by atoms with van der Waals surface area (Å²) in [6, 6.07) is 0. The SMILES string of the molecule is CCCCCCCCCCCCC(=O)Nc1cscc1NC(=O)CCCCCCCCCCCC. The largest absolute Gasteiger partial charge is 0.324 e. The fourth-order valence-corrected chi connectivity index (χ4v) is 5.17. The smallest absolute Gasteiger partial charge is 0.224 e. The van der Waals surface area contributed by atoms with Gasteiger partial charge in [-0.1, -0.05) is 129 Å². The summed E-state index contributed by atoms with van der Waals surface area (Å²) in [7, 11) is 0. The first-order chi connectivity index (χ1) is 17.2. The van der Waals surface area contributed by atoms with Crippen LogP contribution in [-0.4, -0.2) is 11.8 Å². The molecule has 35 heavy (non-hydrogen) atoms. The first-order valence-corrected chi connectivity index (χ1v) is 15.8. The number of rotatable bonds is 24. The topological polar surface area (TPSA) is 58.2 Å². The van der Waals surface area contributed by atoms with Crippen molar-refractivity contribution in [2.45, 2.75) is 155 Å². The highest BCUT2D eigenvalue weighted by Crippen LogP contribution is 2.27. The Hall–Kier alpha value is -1.36. The van der Waals surface area contributed by atoms with Gasteiger partial charge in [0.15, 0.2) is 0 Å². The molecule has 0 aliphatic rings. The zero-order valence-corrected chi connectivity index (χ0v) is 23.8. The molecule has 0 saturated heterocycles. The molecule has 1 aromatic heterocycles. The zero-order valence-electron chi connectivity index (χ0n) is 22.9. The molecule has 0 aliphatic heterocycles. The highest BCUT2D eigenvalue weighted by Gasteiger charge is 2.11. The number of thiophene rings is 1. The van der Waals surface area contributed by atoms with Crippen LogP contribution in [0.2, 0.25) is 0 Å². The fourth-order valence-electron chi connectivity index (χ4n) is 4.46. The van der Waals surface area contributed by atoms with E-state index >= 15 is 0 Å². The minimum atomic E-state index is 0.0492. The Kier molecular flexibility index (Phi) is 20.9. The normalized spacial score (nSPS) is 11.0. The molecule has 4 nitrogen and oxygen atoms in total. The summed E-state index contributed by atoms with van der Waals surface area (Å²) >= 11 is 1.51. The third kappa shape index (κ3) is 18.6. The Morgan fingerprint density at radius 2 is 0.800 bits per heavy atom. The number of amides is 2. The predicted octanol–water partition coefficient (Wildman–Crippen LogP) is 10.2. The van der Waals surface area contributed by atoms with Crippen LogP contribution in [0.5, 0.6) is 0 Å². The maximum Gasteiger partial charge on any atom is 0.224 e. The second-order valence-corrected chi connectivity index (χ2v) is 10.9. The minimum absolute atomic E-state index is 0.0492. The van der Waals surface area contributed by atoms with Crippen LogP contribution >= 0.6 is 11.3 Å². The van der Waals surface area contributed by atoms with Gasteiger partial charge in [-0.05, 0) is 12.8 Å². The number of carbonyl (C=O) groups is 2. The van der Waals surface area contributed by atoms with E-state index in [0.29, 0.717) is 12.8 Å². The van der Waals surface area contributed by atoms with Gasteiger partial charge in [-0.3, -0.25) is 9.59 Å². The molecule has 1 heterocycles. The maximum atomic E-state index is 12.3. The highest BCUT2D eigenvalue weighted by molar-refractivity contribution is 7.09. The van der Waals surface area contributed by atoms with Crippen molar-refractivity contribution in [1.82, 2.24) is 0 Å². The van der Waals surface area contributed by atoms with Gasteiger partial charge in [0, 0.05) is 23.6 Å². The first kappa shape index (κ1) is 31.7. The molecular weight excluding hydrogens is 452 g/mol. The van der Waals surface area contributed by atoms with E-state index in [4.69, 9.17) is 0 Å². The number of hydrogen-bond donors (Lipinski definition) is 2. The summed E-state index contributed by atoms with van der Waals surface area (Å²) in [4.78, 5) is 24.7. The molecule has 0 fully saturated rings. The Morgan fingerprint density at radius 1 is 0.514 bits per heavy atom. The summed E-state index contributed by atoms with van der Waals surface area (Å²) in [6.45, 7) is 4.51. The third-order valence-electron chi connectivity index (χ3n) is 6.72. The average molecular weight is 507 g/mol. The van der Waals surface area contributed by atoms with Gasteiger partial charge in [-0.2, -0.15) is 0 Å². The van der Waals surface area contributed by atoms with E-state index in [9.17, 15) is 9.59 Å². The number of nitrogens with one attached hydrogen (secondary N) is 2. The van der Waals surface area contributed by atoms with Crippen LogP contribution in [0.25, 0.3) is 0 Å². The number of hydrogen-bond acceptors (Lipinski definition) is 3. The van der Waals surface area contributed by atoms with Gasteiger partial charge in [-0.15, -0.1) is 11.3 Å². The molecule has 202 valence electrons. The lowest BCUT2D eigenvalue weighted by Crippen LogP contribution is -2.15. The molecule has 0 unspecified atom stereocenters. The van der Waals surface area contributed by atoms with Crippen molar-refractivity contribution in [3.05, 3.63) is 10.8 Å². The van der Waals surface area contributed by atoms with Gasteiger partial charge >= 0.3 is 0 Å². The first-order valence-electron chi connectivity index (χ1n) is 14.8. The lowest BCUT2D eigenvalue weighted by molar-refractivity contribution is -0.117. The lowest BCUT2D eigenvalue weighted by Gasteiger charge is -2.09. The molecule has 0 spiro atoms. The van der Waals surface area contributed by atoms with Crippen LogP contribution in [0.15, 0.2) is 10.8 Å². The number of unbranched alkanes of at least 4 members (excludes halogenated alkanes) is 18. The average Bonchev–Trinajstić information content (AvgIpc) is 3.27. The second-order valence-electron chi connectivity index (χ2n) is 10.2. The minimum Gasteiger partial charge on any atom is -0.324 e. The zero-order chi connectivity index (χ0) is 25.4. The summed E-state index contributed by atoms with van der Waals surface area (Å²) < 4.78 is 0. The monoisotopic (exact) mass is 506 g/mol. The van der Waals surface area contributed by atoms with E-state index in [-0.39, 0.29) is 11.8 Å². The van der Waals surface area contributed by atoms with Crippen molar-refractivity contribution >= 4 is 34.5 Å². The maximum absolute atomic E-state index is 12.3. The molecule has 2 amide bonds. The van der Waals surface area contributed by atoms with Crippen molar-refractivity contribution in [3.8, 4) is 0 Å².